The Morgan fingerprint density at radius 3 is 2.11 bits per heavy atom. The zero-order chi connectivity index (χ0) is 14.0. The first-order valence-electron chi connectivity index (χ1n) is 6.56. The molecule has 0 aliphatic rings. The highest BCUT2D eigenvalue weighted by Gasteiger charge is 2.16. The van der Waals surface area contributed by atoms with Crippen LogP contribution in [0.1, 0.15) is 47.4 Å². The zero-order valence-corrected chi connectivity index (χ0v) is 14.2. The lowest BCUT2D eigenvalue weighted by atomic mass is 9.96. The minimum Gasteiger partial charge on any atom is -0.309 e. The van der Waals surface area contributed by atoms with Crippen molar-refractivity contribution in [2.75, 3.05) is 7.05 Å². The summed E-state index contributed by atoms with van der Waals surface area (Å²) in [7, 11) is 2.02. The molecule has 3 heteroatoms. The molecule has 1 aromatic heterocycles. The van der Waals surface area contributed by atoms with Gasteiger partial charge < -0.3 is 5.32 Å². The van der Waals surface area contributed by atoms with Crippen molar-refractivity contribution < 1.29 is 0 Å². The first-order chi connectivity index (χ1) is 9.02. The van der Waals surface area contributed by atoms with Gasteiger partial charge in [-0.25, -0.2) is 0 Å². The molecular weight excluding hydrogens is 318 g/mol. The van der Waals surface area contributed by atoms with Gasteiger partial charge in [0.05, 0.1) is 9.83 Å². The number of thiophene rings is 1. The van der Waals surface area contributed by atoms with E-state index >= 15 is 0 Å². The molecule has 1 nitrogen and oxygen atoms in total. The topological polar surface area (TPSA) is 12.0 Å². The molecule has 1 N–H and O–H groups in total. The Hall–Kier alpha value is -0.640. The van der Waals surface area contributed by atoms with Gasteiger partial charge in [0.2, 0.25) is 0 Å². The molecule has 1 heterocycles. The molecule has 19 heavy (non-hydrogen) atoms. The van der Waals surface area contributed by atoms with Crippen LogP contribution in [0.4, 0.5) is 0 Å². The van der Waals surface area contributed by atoms with E-state index < -0.39 is 0 Å². The third-order valence-electron chi connectivity index (χ3n) is 3.46. The maximum atomic E-state index is 3.57. The quantitative estimate of drug-likeness (QED) is 0.803. The van der Waals surface area contributed by atoms with E-state index in [1.807, 2.05) is 7.05 Å². The van der Waals surface area contributed by atoms with Gasteiger partial charge in [-0.05, 0) is 58.6 Å². The summed E-state index contributed by atoms with van der Waals surface area (Å²) in [5.74, 6) is 0.583. The second-order valence-corrected chi connectivity index (χ2v) is 7.74. The van der Waals surface area contributed by atoms with Gasteiger partial charge in [-0.3, -0.25) is 0 Å². The predicted molar refractivity (Wildman–Crippen MR) is 88.2 cm³/mol. The first kappa shape index (κ1) is 14.8. The Balaban J connectivity index is 2.34. The van der Waals surface area contributed by atoms with Crippen LogP contribution in [-0.4, -0.2) is 7.05 Å². The number of benzene rings is 1. The van der Waals surface area contributed by atoms with Crippen molar-refractivity contribution in [2.45, 2.75) is 32.7 Å². The lowest BCUT2D eigenvalue weighted by Crippen LogP contribution is -2.17. The van der Waals surface area contributed by atoms with E-state index in [4.69, 9.17) is 0 Å². The van der Waals surface area contributed by atoms with Crippen LogP contribution in [0.25, 0.3) is 0 Å². The fourth-order valence-electron chi connectivity index (χ4n) is 2.32. The van der Waals surface area contributed by atoms with Crippen molar-refractivity contribution in [3.63, 3.8) is 0 Å². The van der Waals surface area contributed by atoms with Crippen LogP contribution in [0.2, 0.25) is 0 Å². The Bertz CT molecular complexity index is 542. The summed E-state index contributed by atoms with van der Waals surface area (Å²) >= 11 is 5.37. The fraction of sp³-hybridized carbons (Fsp3) is 0.375. The van der Waals surface area contributed by atoms with Gasteiger partial charge in [-0.1, -0.05) is 38.1 Å². The lowest BCUT2D eigenvalue weighted by Gasteiger charge is -2.18. The maximum absolute atomic E-state index is 3.57. The van der Waals surface area contributed by atoms with Gasteiger partial charge in [-0.15, -0.1) is 11.3 Å². The molecular formula is C16H20BrNS. The lowest BCUT2D eigenvalue weighted by molar-refractivity contribution is 0.689. The smallest absolute Gasteiger partial charge is 0.0704 e. The van der Waals surface area contributed by atoms with Gasteiger partial charge in [0.15, 0.2) is 0 Å². The van der Waals surface area contributed by atoms with Crippen LogP contribution in [0.5, 0.6) is 0 Å². The number of nitrogens with one attached hydrogen (secondary N) is 1. The molecule has 0 aliphatic carbocycles. The molecule has 0 saturated heterocycles. The summed E-state index contributed by atoms with van der Waals surface area (Å²) in [4.78, 5) is 1.36. The van der Waals surface area contributed by atoms with E-state index in [1.165, 1.54) is 25.4 Å². The van der Waals surface area contributed by atoms with Crippen molar-refractivity contribution in [1.29, 1.82) is 0 Å². The summed E-state index contributed by atoms with van der Waals surface area (Å²) in [5.41, 5.74) is 4.07. The number of halogens is 1. The highest BCUT2D eigenvalue weighted by molar-refractivity contribution is 9.11. The largest absolute Gasteiger partial charge is 0.309 e. The molecule has 0 fully saturated rings. The standard InChI is InChI=1S/C16H20BrNS/c1-10(2)12-5-7-13(8-6-12)16(18-4)14-9-15(17)19-11(14)3/h5-10,16,18H,1-4H3. The van der Waals surface area contributed by atoms with Crippen LogP contribution in [-0.2, 0) is 0 Å². The molecule has 0 radical (unpaired) electrons. The number of aryl methyl sites for hydroxylation is 1. The minimum absolute atomic E-state index is 0.267. The fourth-order valence-corrected chi connectivity index (χ4v) is 4.07. The van der Waals surface area contributed by atoms with E-state index in [-0.39, 0.29) is 6.04 Å². The Kier molecular flexibility index (Phi) is 4.82. The van der Waals surface area contributed by atoms with Gasteiger partial charge in [0.25, 0.3) is 0 Å². The van der Waals surface area contributed by atoms with E-state index in [0.717, 1.165) is 0 Å². The van der Waals surface area contributed by atoms with Gasteiger partial charge >= 0.3 is 0 Å². The molecule has 1 aromatic carbocycles. The number of hydrogen-bond acceptors (Lipinski definition) is 2. The molecule has 0 spiro atoms. The normalized spacial score (nSPS) is 12.9. The molecule has 1 atom stereocenters. The molecule has 0 aliphatic heterocycles. The van der Waals surface area contributed by atoms with Crippen molar-refractivity contribution in [3.05, 3.63) is 55.7 Å². The predicted octanol–water partition coefficient (Wildman–Crippen LogP) is 5.25. The average molecular weight is 338 g/mol. The average Bonchev–Trinajstić information content (AvgIpc) is 2.70. The number of rotatable bonds is 4. The van der Waals surface area contributed by atoms with Gasteiger partial charge in [0.1, 0.15) is 0 Å². The van der Waals surface area contributed by atoms with Crippen LogP contribution in [0.3, 0.4) is 0 Å². The molecule has 1 unspecified atom stereocenters. The molecule has 0 bridgehead atoms. The maximum Gasteiger partial charge on any atom is 0.0704 e. The van der Waals surface area contributed by atoms with Crippen LogP contribution in [0, 0.1) is 6.92 Å². The zero-order valence-electron chi connectivity index (χ0n) is 11.8. The molecule has 2 aromatic rings. The second kappa shape index (κ2) is 6.21. The molecule has 0 saturated carbocycles. The molecule has 102 valence electrons. The third-order valence-corrected chi connectivity index (χ3v) is 5.03. The van der Waals surface area contributed by atoms with Crippen LogP contribution in [0.15, 0.2) is 34.1 Å². The first-order valence-corrected chi connectivity index (χ1v) is 8.16. The summed E-state index contributed by atoms with van der Waals surface area (Å²) in [6.07, 6.45) is 0. The van der Waals surface area contributed by atoms with Gasteiger partial charge in [0, 0.05) is 4.88 Å². The summed E-state index contributed by atoms with van der Waals surface area (Å²) in [6, 6.07) is 11.4. The highest BCUT2D eigenvalue weighted by atomic mass is 79.9. The number of hydrogen-bond donors (Lipinski definition) is 1. The second-order valence-electron chi connectivity index (χ2n) is 5.11. The Morgan fingerprint density at radius 1 is 1.11 bits per heavy atom. The van der Waals surface area contributed by atoms with Crippen molar-refractivity contribution in [2.24, 2.45) is 0 Å². The minimum atomic E-state index is 0.267. The van der Waals surface area contributed by atoms with Gasteiger partial charge in [-0.2, -0.15) is 0 Å². The molecule has 2 rings (SSSR count). The summed E-state index contributed by atoms with van der Waals surface area (Å²) in [6.45, 7) is 6.63. The highest BCUT2D eigenvalue weighted by Crippen LogP contribution is 2.33. The van der Waals surface area contributed by atoms with E-state index in [1.54, 1.807) is 11.3 Å². The third kappa shape index (κ3) is 3.28. The van der Waals surface area contributed by atoms with Crippen molar-refractivity contribution >= 4 is 27.3 Å². The van der Waals surface area contributed by atoms with Crippen LogP contribution < -0.4 is 5.32 Å². The van der Waals surface area contributed by atoms with E-state index in [0.29, 0.717) is 5.92 Å². The Morgan fingerprint density at radius 2 is 1.68 bits per heavy atom. The van der Waals surface area contributed by atoms with Crippen LogP contribution >= 0.6 is 27.3 Å². The Labute approximate surface area is 128 Å². The summed E-state index contributed by atoms with van der Waals surface area (Å²) < 4.78 is 1.19. The SMILES string of the molecule is CNC(c1ccc(C(C)C)cc1)c1cc(Br)sc1C. The van der Waals surface area contributed by atoms with Crippen molar-refractivity contribution in [1.82, 2.24) is 5.32 Å². The van der Waals surface area contributed by atoms with E-state index in [9.17, 15) is 0 Å². The summed E-state index contributed by atoms with van der Waals surface area (Å²) in [5, 5.41) is 3.42. The van der Waals surface area contributed by atoms with Crippen molar-refractivity contribution in [3.8, 4) is 0 Å². The monoisotopic (exact) mass is 337 g/mol. The van der Waals surface area contributed by atoms with E-state index in [2.05, 4.69) is 72.3 Å². The molecule has 0 amide bonds.